The molecule has 0 saturated heterocycles. The number of rotatable bonds is 4. The summed E-state index contributed by atoms with van der Waals surface area (Å²) in [5, 5.41) is 9.76. The van der Waals surface area contributed by atoms with Gasteiger partial charge in [0.05, 0.1) is 11.8 Å². The zero-order chi connectivity index (χ0) is 19.5. The van der Waals surface area contributed by atoms with Gasteiger partial charge >= 0.3 is 0 Å². The van der Waals surface area contributed by atoms with E-state index < -0.39 is 0 Å². The van der Waals surface area contributed by atoms with E-state index in [1.54, 1.807) is 59.5 Å². The largest absolute Gasteiger partial charge is 0.322 e. The van der Waals surface area contributed by atoms with Crippen LogP contribution < -0.4 is 10.6 Å². The number of nitrogens with zero attached hydrogens (tertiary/aromatic N) is 4. The second-order valence-corrected chi connectivity index (χ2v) is 6.19. The molecule has 0 aliphatic heterocycles. The number of fused-ring (bicyclic) bond motifs is 1. The molecule has 0 radical (unpaired) electrons. The molecule has 0 aliphatic rings. The molecule has 0 spiro atoms. The van der Waals surface area contributed by atoms with Gasteiger partial charge in [-0.1, -0.05) is 6.07 Å². The number of aryl methyl sites for hydroxylation is 1. The maximum Gasteiger partial charge on any atom is 0.261 e. The molecule has 0 atom stereocenters. The average molecular weight is 372 g/mol. The molecule has 138 valence electrons. The number of benzene rings is 1. The van der Waals surface area contributed by atoms with Crippen LogP contribution in [0.2, 0.25) is 0 Å². The van der Waals surface area contributed by atoms with Crippen molar-refractivity contribution in [2.24, 2.45) is 0 Å². The van der Waals surface area contributed by atoms with Crippen molar-refractivity contribution in [3.05, 3.63) is 84.1 Å². The molecule has 4 aromatic rings. The predicted octanol–water partition coefficient (Wildman–Crippen LogP) is 2.94. The quantitative estimate of drug-likeness (QED) is 0.573. The minimum Gasteiger partial charge on any atom is -0.322 e. The van der Waals surface area contributed by atoms with Gasteiger partial charge in [0.25, 0.3) is 11.8 Å². The lowest BCUT2D eigenvalue weighted by molar-refractivity contribution is 0.102. The maximum atomic E-state index is 12.6. The van der Waals surface area contributed by atoms with Crippen molar-refractivity contribution >= 4 is 28.8 Å². The van der Waals surface area contributed by atoms with Crippen LogP contribution in [-0.4, -0.2) is 31.4 Å². The lowest BCUT2D eigenvalue weighted by Gasteiger charge is -2.08. The second-order valence-electron chi connectivity index (χ2n) is 6.19. The molecule has 2 amide bonds. The van der Waals surface area contributed by atoms with E-state index in [1.807, 2.05) is 6.92 Å². The Hall–Kier alpha value is -4.07. The molecule has 1 aromatic carbocycles. The third kappa shape index (κ3) is 3.56. The summed E-state index contributed by atoms with van der Waals surface area (Å²) in [6.45, 7) is 1.90. The monoisotopic (exact) mass is 372 g/mol. The minimum absolute atomic E-state index is 0.279. The van der Waals surface area contributed by atoms with Crippen LogP contribution in [0.1, 0.15) is 26.3 Å². The molecule has 8 nitrogen and oxygen atoms in total. The molecule has 3 aromatic heterocycles. The van der Waals surface area contributed by atoms with Crippen LogP contribution in [0.3, 0.4) is 0 Å². The molecule has 0 aliphatic carbocycles. The Bertz CT molecular complexity index is 1170. The summed E-state index contributed by atoms with van der Waals surface area (Å²) >= 11 is 0. The van der Waals surface area contributed by atoms with Gasteiger partial charge in [0, 0.05) is 36.2 Å². The van der Waals surface area contributed by atoms with Crippen molar-refractivity contribution in [1.82, 2.24) is 19.6 Å². The first-order valence-corrected chi connectivity index (χ1v) is 8.53. The van der Waals surface area contributed by atoms with Crippen molar-refractivity contribution in [3.63, 3.8) is 0 Å². The molecule has 0 saturated carbocycles. The smallest absolute Gasteiger partial charge is 0.261 e. The summed E-state index contributed by atoms with van der Waals surface area (Å²) in [5.74, 6) is -0.610. The van der Waals surface area contributed by atoms with Crippen LogP contribution >= 0.6 is 0 Å². The number of carbonyl (C=O) groups is 2. The first kappa shape index (κ1) is 17.3. The highest BCUT2D eigenvalue weighted by molar-refractivity contribution is 6.09. The highest BCUT2D eigenvalue weighted by atomic mass is 16.2. The van der Waals surface area contributed by atoms with Gasteiger partial charge in [-0.15, -0.1) is 0 Å². The van der Waals surface area contributed by atoms with Gasteiger partial charge in [-0.2, -0.15) is 5.10 Å². The lowest BCUT2D eigenvalue weighted by Crippen LogP contribution is -2.14. The van der Waals surface area contributed by atoms with Crippen molar-refractivity contribution in [2.45, 2.75) is 6.92 Å². The normalized spacial score (nSPS) is 10.6. The number of aromatic nitrogens is 4. The third-order valence-corrected chi connectivity index (χ3v) is 4.03. The summed E-state index contributed by atoms with van der Waals surface area (Å²) in [6, 6.07) is 10.3. The number of anilines is 2. The fourth-order valence-corrected chi connectivity index (χ4v) is 2.70. The summed E-state index contributed by atoms with van der Waals surface area (Å²) in [4.78, 5) is 33.1. The highest BCUT2D eigenvalue weighted by Gasteiger charge is 2.14. The Morgan fingerprint density at radius 1 is 0.964 bits per heavy atom. The number of pyridine rings is 1. The van der Waals surface area contributed by atoms with Crippen LogP contribution in [0.25, 0.3) is 5.65 Å². The molecule has 3 heterocycles. The molecule has 4 rings (SSSR count). The Kier molecular flexibility index (Phi) is 4.51. The molecule has 8 heteroatoms. The van der Waals surface area contributed by atoms with Gasteiger partial charge in [-0.05, 0) is 42.8 Å². The van der Waals surface area contributed by atoms with Gasteiger partial charge < -0.3 is 10.6 Å². The van der Waals surface area contributed by atoms with Gasteiger partial charge in [0.15, 0.2) is 5.65 Å². The number of hydrogen-bond donors (Lipinski definition) is 2. The Morgan fingerprint density at radius 3 is 2.50 bits per heavy atom. The third-order valence-electron chi connectivity index (χ3n) is 4.03. The Labute approximate surface area is 160 Å². The molecule has 0 bridgehead atoms. The summed E-state index contributed by atoms with van der Waals surface area (Å²) in [6.07, 6.45) is 8.05. The van der Waals surface area contributed by atoms with Crippen molar-refractivity contribution in [3.8, 4) is 0 Å². The van der Waals surface area contributed by atoms with Crippen molar-refractivity contribution in [1.29, 1.82) is 0 Å². The summed E-state index contributed by atoms with van der Waals surface area (Å²) in [5.41, 5.74) is 3.33. The van der Waals surface area contributed by atoms with Crippen molar-refractivity contribution in [2.75, 3.05) is 10.6 Å². The first-order chi connectivity index (χ1) is 13.6. The number of carbonyl (C=O) groups excluding carboxylic acids is 2. The fraction of sp³-hybridized carbons (Fsp3) is 0.0500. The minimum atomic E-state index is -0.331. The van der Waals surface area contributed by atoms with E-state index in [1.165, 1.54) is 12.4 Å². The van der Waals surface area contributed by atoms with Gasteiger partial charge in [0.2, 0.25) is 0 Å². The molecule has 0 unspecified atom stereocenters. The van der Waals surface area contributed by atoms with Crippen LogP contribution in [0, 0.1) is 6.92 Å². The zero-order valence-electron chi connectivity index (χ0n) is 15.0. The predicted molar refractivity (Wildman–Crippen MR) is 104 cm³/mol. The Balaban J connectivity index is 1.51. The van der Waals surface area contributed by atoms with Crippen molar-refractivity contribution < 1.29 is 9.59 Å². The molecule has 2 N–H and O–H groups in total. The Morgan fingerprint density at radius 2 is 1.75 bits per heavy atom. The topological polar surface area (TPSA) is 101 Å². The average Bonchev–Trinajstić information content (AvgIpc) is 3.12. The van der Waals surface area contributed by atoms with Crippen LogP contribution in [-0.2, 0) is 0 Å². The second kappa shape index (κ2) is 7.28. The highest BCUT2D eigenvalue weighted by Crippen LogP contribution is 2.18. The van der Waals surface area contributed by atoms with E-state index in [9.17, 15) is 9.59 Å². The van der Waals surface area contributed by atoms with E-state index >= 15 is 0 Å². The molecule has 0 fully saturated rings. The molecular weight excluding hydrogens is 356 g/mol. The van der Waals surface area contributed by atoms with E-state index in [0.29, 0.717) is 28.1 Å². The van der Waals surface area contributed by atoms with E-state index in [0.717, 1.165) is 5.56 Å². The van der Waals surface area contributed by atoms with E-state index in [4.69, 9.17) is 0 Å². The lowest BCUT2D eigenvalue weighted by atomic mass is 10.2. The van der Waals surface area contributed by atoms with Gasteiger partial charge in [0.1, 0.15) is 5.56 Å². The summed E-state index contributed by atoms with van der Waals surface area (Å²) < 4.78 is 1.56. The summed E-state index contributed by atoms with van der Waals surface area (Å²) in [7, 11) is 0. The fourth-order valence-electron chi connectivity index (χ4n) is 2.70. The first-order valence-electron chi connectivity index (χ1n) is 8.53. The molecule has 28 heavy (non-hydrogen) atoms. The standard InChI is InChI=1S/C20H16N6O2/c1-13-9-22-18-17(11-23-26(18)12-13)20(28)25-16-6-2-5-15(8-16)24-19(27)14-4-3-7-21-10-14/h2-12H,1H3,(H,24,27)(H,25,28). The van der Waals surface area contributed by atoms with Crippen LogP contribution in [0.5, 0.6) is 0 Å². The van der Waals surface area contributed by atoms with E-state index in [2.05, 4.69) is 25.7 Å². The van der Waals surface area contributed by atoms with Gasteiger partial charge in [-0.25, -0.2) is 9.50 Å². The van der Waals surface area contributed by atoms with Crippen LogP contribution in [0.4, 0.5) is 11.4 Å². The maximum absolute atomic E-state index is 12.6. The zero-order valence-corrected chi connectivity index (χ0v) is 15.0. The number of nitrogens with one attached hydrogen (secondary N) is 2. The number of amides is 2. The van der Waals surface area contributed by atoms with Gasteiger partial charge in [-0.3, -0.25) is 14.6 Å². The van der Waals surface area contributed by atoms with Crippen LogP contribution in [0.15, 0.2) is 67.4 Å². The number of hydrogen-bond acceptors (Lipinski definition) is 5. The van der Waals surface area contributed by atoms with E-state index in [-0.39, 0.29) is 11.8 Å². The molecular formula is C20H16N6O2. The SMILES string of the molecule is Cc1cnc2c(C(=O)Nc3cccc(NC(=O)c4cccnc4)c3)cnn2c1.